The van der Waals surface area contributed by atoms with E-state index in [9.17, 15) is 4.79 Å². The molecule has 14 heavy (non-hydrogen) atoms. The van der Waals surface area contributed by atoms with Gasteiger partial charge in [0.2, 0.25) is 0 Å². The Morgan fingerprint density at radius 3 is 3.00 bits per heavy atom. The highest BCUT2D eigenvalue weighted by atomic mass is 32.2. The molecule has 0 amide bonds. The minimum absolute atomic E-state index is 0.125. The average molecular weight is 209 g/mol. The van der Waals surface area contributed by atoms with Gasteiger partial charge in [-0.15, -0.1) is 0 Å². The molecule has 3 heteroatoms. The summed E-state index contributed by atoms with van der Waals surface area (Å²) in [6.07, 6.45) is 0. The highest BCUT2D eigenvalue weighted by Crippen LogP contribution is 2.17. The number of hydrogen-bond donors (Lipinski definition) is 0. The molecule has 75 valence electrons. The van der Waals surface area contributed by atoms with Gasteiger partial charge >= 0.3 is 0 Å². The van der Waals surface area contributed by atoms with Crippen LogP contribution in [-0.4, -0.2) is 11.7 Å². The first kappa shape index (κ1) is 11.1. The number of thioether (sulfide) groups is 1. The molecule has 0 aliphatic carbocycles. The van der Waals surface area contributed by atoms with Crippen LogP contribution in [0.3, 0.4) is 0 Å². The second kappa shape index (κ2) is 5.70. The van der Waals surface area contributed by atoms with Crippen molar-refractivity contribution in [1.82, 2.24) is 0 Å². The smallest absolute Gasteiger partial charge is 0.186 e. The predicted octanol–water partition coefficient (Wildman–Crippen LogP) is 2.67. The molecule has 1 radical (unpaired) electrons. The van der Waals surface area contributed by atoms with Crippen molar-refractivity contribution < 1.29 is 9.53 Å². The van der Waals surface area contributed by atoms with Crippen molar-refractivity contribution in [1.29, 1.82) is 0 Å². The maximum Gasteiger partial charge on any atom is 0.186 e. The number of carbonyl (C=O) groups is 1. The van der Waals surface area contributed by atoms with Crippen molar-refractivity contribution >= 4 is 16.9 Å². The summed E-state index contributed by atoms with van der Waals surface area (Å²) in [7, 11) is 0. The van der Waals surface area contributed by atoms with Crippen LogP contribution in [-0.2, 0) is 10.5 Å². The SMILES string of the molecule is CCOc1[c]c(CSC(C)=O)ccc1. The lowest BCUT2D eigenvalue weighted by molar-refractivity contribution is -0.109. The Hall–Kier alpha value is -0.960. The lowest BCUT2D eigenvalue weighted by Gasteiger charge is -2.03. The molecule has 0 spiro atoms. The normalized spacial score (nSPS) is 9.86. The van der Waals surface area contributed by atoms with Crippen molar-refractivity contribution in [2.24, 2.45) is 0 Å². The molecule has 0 aliphatic heterocycles. The van der Waals surface area contributed by atoms with Crippen molar-refractivity contribution in [3.63, 3.8) is 0 Å². The van der Waals surface area contributed by atoms with E-state index in [-0.39, 0.29) is 5.12 Å². The fourth-order valence-electron chi connectivity index (χ4n) is 0.997. The maximum absolute atomic E-state index is 10.7. The molecule has 0 fully saturated rings. The Labute approximate surface area is 88.7 Å². The zero-order valence-electron chi connectivity index (χ0n) is 8.37. The summed E-state index contributed by atoms with van der Waals surface area (Å²) in [5.41, 5.74) is 0.996. The fraction of sp³-hybridized carbons (Fsp3) is 0.364. The Morgan fingerprint density at radius 1 is 1.57 bits per heavy atom. The van der Waals surface area contributed by atoms with Gasteiger partial charge in [0, 0.05) is 18.7 Å². The molecule has 2 nitrogen and oxygen atoms in total. The molecule has 1 rings (SSSR count). The second-order valence-electron chi connectivity index (χ2n) is 2.75. The molecule has 0 aliphatic rings. The van der Waals surface area contributed by atoms with E-state index in [1.165, 1.54) is 11.8 Å². The molecule has 0 atom stereocenters. The van der Waals surface area contributed by atoms with E-state index in [0.29, 0.717) is 12.4 Å². The summed E-state index contributed by atoms with van der Waals surface area (Å²) in [5.74, 6) is 1.41. The van der Waals surface area contributed by atoms with Gasteiger partial charge in [0.15, 0.2) is 5.12 Å². The largest absolute Gasteiger partial charge is 0.493 e. The third-order valence-electron chi connectivity index (χ3n) is 1.56. The van der Waals surface area contributed by atoms with Crippen LogP contribution < -0.4 is 4.74 Å². The zero-order valence-corrected chi connectivity index (χ0v) is 9.19. The van der Waals surface area contributed by atoms with E-state index >= 15 is 0 Å². The summed E-state index contributed by atoms with van der Waals surface area (Å²) in [5, 5.41) is 0.125. The Morgan fingerprint density at radius 2 is 2.36 bits per heavy atom. The van der Waals surface area contributed by atoms with E-state index in [2.05, 4.69) is 6.07 Å². The van der Waals surface area contributed by atoms with E-state index in [1.54, 1.807) is 6.92 Å². The van der Waals surface area contributed by atoms with E-state index in [0.717, 1.165) is 11.3 Å². The summed E-state index contributed by atoms with van der Waals surface area (Å²) in [6.45, 7) is 4.14. The van der Waals surface area contributed by atoms with Crippen LogP contribution in [0.2, 0.25) is 0 Å². The van der Waals surface area contributed by atoms with Crippen LogP contribution in [0, 0.1) is 6.07 Å². The first-order valence-corrected chi connectivity index (χ1v) is 5.48. The number of ether oxygens (including phenoxy) is 1. The average Bonchev–Trinajstić information content (AvgIpc) is 2.16. The van der Waals surface area contributed by atoms with Crippen LogP contribution in [0.25, 0.3) is 0 Å². The molecule has 1 aromatic rings. The molecular weight excluding hydrogens is 196 g/mol. The molecule has 0 bridgehead atoms. The van der Waals surface area contributed by atoms with E-state index < -0.39 is 0 Å². The number of hydrogen-bond acceptors (Lipinski definition) is 3. The second-order valence-corrected chi connectivity index (χ2v) is 3.91. The number of rotatable bonds is 4. The summed E-state index contributed by atoms with van der Waals surface area (Å²) in [6, 6.07) is 8.83. The molecule has 0 N–H and O–H groups in total. The zero-order chi connectivity index (χ0) is 10.4. The van der Waals surface area contributed by atoms with Gasteiger partial charge in [-0.25, -0.2) is 0 Å². The lowest BCUT2D eigenvalue weighted by Crippen LogP contribution is -1.93. The number of carbonyl (C=O) groups excluding carboxylic acids is 1. The van der Waals surface area contributed by atoms with Crippen molar-refractivity contribution in [2.45, 2.75) is 19.6 Å². The van der Waals surface area contributed by atoms with Crippen LogP contribution >= 0.6 is 11.8 Å². The first-order chi connectivity index (χ1) is 6.72. The van der Waals surface area contributed by atoms with Crippen molar-refractivity contribution in [3.8, 4) is 5.75 Å². The number of benzene rings is 1. The highest BCUT2D eigenvalue weighted by Gasteiger charge is 1.99. The van der Waals surface area contributed by atoms with Crippen molar-refractivity contribution in [3.05, 3.63) is 29.8 Å². The van der Waals surface area contributed by atoms with Crippen LogP contribution in [0.5, 0.6) is 5.75 Å². The molecular formula is C11H13O2S. The van der Waals surface area contributed by atoms with Gasteiger partial charge < -0.3 is 4.74 Å². The van der Waals surface area contributed by atoms with Gasteiger partial charge in [0.1, 0.15) is 5.75 Å². The highest BCUT2D eigenvalue weighted by molar-refractivity contribution is 8.12. The van der Waals surface area contributed by atoms with Gasteiger partial charge in [-0.1, -0.05) is 23.9 Å². The standard InChI is InChI=1S/C11H13O2S/c1-3-13-11-6-4-5-10(7-11)8-14-9(2)12/h4-6H,3,8H2,1-2H3. The minimum Gasteiger partial charge on any atom is -0.493 e. The molecule has 0 aromatic heterocycles. The van der Waals surface area contributed by atoms with Gasteiger partial charge in [0.25, 0.3) is 0 Å². The monoisotopic (exact) mass is 209 g/mol. The van der Waals surface area contributed by atoms with Gasteiger partial charge in [-0.05, 0) is 18.6 Å². The van der Waals surface area contributed by atoms with Gasteiger partial charge in [-0.3, -0.25) is 4.79 Å². The predicted molar refractivity (Wildman–Crippen MR) is 58.4 cm³/mol. The van der Waals surface area contributed by atoms with Crippen LogP contribution in [0.1, 0.15) is 19.4 Å². The van der Waals surface area contributed by atoms with Gasteiger partial charge in [-0.2, -0.15) is 0 Å². The molecule has 0 saturated carbocycles. The maximum atomic E-state index is 10.7. The molecule has 0 saturated heterocycles. The van der Waals surface area contributed by atoms with E-state index in [4.69, 9.17) is 4.74 Å². The topological polar surface area (TPSA) is 26.3 Å². The van der Waals surface area contributed by atoms with Gasteiger partial charge in [0.05, 0.1) is 6.61 Å². The molecule has 0 heterocycles. The molecule has 1 aromatic carbocycles. The van der Waals surface area contributed by atoms with Crippen molar-refractivity contribution in [2.75, 3.05) is 6.61 Å². The van der Waals surface area contributed by atoms with Crippen LogP contribution in [0.15, 0.2) is 18.2 Å². The van der Waals surface area contributed by atoms with Crippen LogP contribution in [0.4, 0.5) is 0 Å². The fourth-order valence-corrected chi connectivity index (χ4v) is 1.52. The van der Waals surface area contributed by atoms with E-state index in [1.807, 2.05) is 25.1 Å². The first-order valence-electron chi connectivity index (χ1n) is 4.49. The lowest BCUT2D eigenvalue weighted by atomic mass is 10.2. The third kappa shape index (κ3) is 3.83. The quantitative estimate of drug-likeness (QED) is 0.762. The third-order valence-corrected chi connectivity index (χ3v) is 2.42. The summed E-state index contributed by atoms with van der Waals surface area (Å²) in [4.78, 5) is 10.7. The minimum atomic E-state index is 0.125. The Balaban J connectivity index is 2.58. The Bertz CT molecular complexity index is 310. The molecule has 0 unspecified atom stereocenters. The summed E-state index contributed by atoms with van der Waals surface area (Å²) < 4.78 is 5.30. The Kier molecular flexibility index (Phi) is 4.53. The summed E-state index contributed by atoms with van der Waals surface area (Å²) >= 11 is 1.29.